The summed E-state index contributed by atoms with van der Waals surface area (Å²) in [6, 6.07) is 0. The zero-order chi connectivity index (χ0) is 81.6. The van der Waals surface area contributed by atoms with Gasteiger partial charge in [-0.1, -0.05) is 0 Å². The zero-order valence-corrected chi connectivity index (χ0v) is 59.5. The molecule has 0 heterocycles. The van der Waals surface area contributed by atoms with Crippen molar-refractivity contribution in [2.75, 3.05) is 0 Å². The van der Waals surface area contributed by atoms with Gasteiger partial charge in [0.05, 0.1) is 0 Å². The molecule has 103 heavy (non-hydrogen) atoms. The Labute approximate surface area is 721 Å². The van der Waals surface area contributed by atoms with Crippen molar-refractivity contribution in [3.8, 4) is 0 Å². The van der Waals surface area contributed by atoms with Crippen molar-refractivity contribution in [2.45, 2.75) is 0 Å². The summed E-state index contributed by atoms with van der Waals surface area (Å²) in [5.74, 6) is 0. The lowest BCUT2D eigenvalue weighted by molar-refractivity contribution is 3.12. The Balaban J connectivity index is 15.0. The quantitative estimate of drug-likeness (QED) is 0.0533. The molecule has 0 nitrogen and oxygen atoms in total. The third kappa shape index (κ3) is 29.5. The molecule has 0 aromatic heterocycles. The third-order valence-corrected chi connectivity index (χ3v) is 22.0. The number of rotatable bonds is 50. The van der Waals surface area contributed by atoms with Gasteiger partial charge in [0, 0.05) is 729 Å². The minimum atomic E-state index is -2.36. The van der Waals surface area contributed by atoms with Crippen LogP contribution < -0.4 is 0 Å². The van der Waals surface area contributed by atoms with Crippen LogP contribution in [0.3, 0.4) is 0 Å². The van der Waals surface area contributed by atoms with Gasteiger partial charge in [0.2, 0.25) is 0 Å². The summed E-state index contributed by atoms with van der Waals surface area (Å²) < 4.78 is 0. The molecular formula is B103. The fraction of sp³-hybridized carbons (Fsp3) is 0. The summed E-state index contributed by atoms with van der Waals surface area (Å²) in [4.78, 5) is 0. The predicted molar refractivity (Wildman–Crippen MR) is 593 cm³/mol. The van der Waals surface area contributed by atoms with E-state index in [2.05, 4.69) is 0 Å². The van der Waals surface area contributed by atoms with Gasteiger partial charge in [0.15, 0.2) is 0 Å². The smallest absolute Gasteiger partial charge is 0 e. The number of hydrogen-bond acceptors (Lipinski definition) is 0. The standard InChI is InChI=1S/B103/c1-53-79(52)92(78(50)51)99(93(80(54(2)3)55(4)5)81(56(6)7)57(8)9)102(98(90(74(42)43)75(44)45)91(76(46)47)77(48)49)103(100(94(82(58(10)11)59(12)13)83(60(14)15)61(16)17)95(84(62(18)19)63(20)21)85(64(22)23)65(24)25)101(96(86(66(26)27)67(28)29)87(68(30)31)69(32)33)97(88(70(34)35)71(36)37)89(72(38)39)73(40)41. The van der Waals surface area contributed by atoms with Gasteiger partial charge in [-0.3, -0.25) is 0 Å². The lowest BCUT2D eigenvalue weighted by Crippen LogP contribution is -3.01. The van der Waals surface area contributed by atoms with Crippen molar-refractivity contribution in [3.05, 3.63) is 0 Å². The molecule has 0 rings (SSSR count). The molecule has 0 bridgehead atoms. The molecule has 0 unspecified atom stereocenters. The first-order valence-electron chi connectivity index (χ1n) is 34.0. The Morgan fingerprint density at radius 3 is 0.204 bits per heavy atom. The Bertz CT molecular complexity index is 1740. The SMILES string of the molecule is [B][B]B([B])B(B([B])[B])B(B(B(B([B])[B])B([B])[B])B(B([B])[B])B([B])[B])B(B(B(B([B])[B])B([B])[B])B(B([B])[B])B([B])[B])B(B(B(B(B([B])[B])B([B])[B])B(B([B])[B])B([B])[B])B(B(B([B])[B])B([B])[B])B(B([B])[B])B([B])[B])B(B(B(B([B])[B])B([B])[B])B(B([B])[B])B([B])[B])B(B(B([B])[B])B([B])[B])B(B([B])[B])B([B])[B]. The average molecular weight is 1110 g/mol. The van der Waals surface area contributed by atoms with E-state index >= 15 is 0 Å². The van der Waals surface area contributed by atoms with Crippen molar-refractivity contribution in [1.29, 1.82) is 0 Å². The second-order valence-corrected chi connectivity index (χ2v) is 29.1. The molecule has 309 valence electrons. The van der Waals surface area contributed by atoms with Crippen molar-refractivity contribution < 1.29 is 0 Å². The molecule has 0 atom stereocenters. The molecule has 0 saturated heterocycles. The predicted octanol–water partition coefficient (Wildman–Crippen LogP) is -39.2. The highest BCUT2D eigenvalue weighted by Gasteiger charge is 2.69. The van der Waals surface area contributed by atoms with Gasteiger partial charge in [-0.15, -0.1) is 0 Å². The molecule has 0 aliphatic rings. The average Bonchev–Trinajstić information content (AvgIpc) is 0.707. The van der Waals surface area contributed by atoms with E-state index in [1.165, 1.54) is 0 Å². The van der Waals surface area contributed by atoms with Gasteiger partial charge >= 0.3 is 0 Å². The highest BCUT2D eigenvalue weighted by Crippen LogP contribution is 2.31. The van der Waals surface area contributed by atoms with Crippen molar-refractivity contribution in [3.63, 3.8) is 0 Å². The maximum atomic E-state index is 7.49. The lowest BCUT2D eigenvalue weighted by atomic mass is 8.18. The van der Waals surface area contributed by atoms with Crippen molar-refractivity contribution in [1.82, 2.24) is 0 Å². The molecule has 0 fully saturated rings. The highest BCUT2D eigenvalue weighted by atomic mass is 13.5. The maximum absolute atomic E-state index is 7.49. The van der Waals surface area contributed by atoms with Crippen LogP contribution in [0.15, 0.2) is 0 Å². The molecule has 0 spiro atoms. The molecule has 0 aliphatic carbocycles. The molecule has 0 aromatic carbocycles. The molecular weight excluding hydrogens is 1110 g/mol. The zero-order valence-electron chi connectivity index (χ0n) is 59.5. The molecule has 0 N–H and O–H groups in total. The van der Waals surface area contributed by atoms with E-state index in [4.69, 9.17) is 402 Å². The van der Waals surface area contributed by atoms with Crippen LogP contribution in [0.5, 0.6) is 0 Å². The van der Waals surface area contributed by atoms with Gasteiger partial charge in [0.1, 0.15) is 0 Å². The van der Waals surface area contributed by atoms with E-state index < -0.39 is 319 Å². The van der Waals surface area contributed by atoms with Crippen LogP contribution in [0.1, 0.15) is 0 Å². The van der Waals surface area contributed by atoms with Crippen LogP contribution in [-0.2, 0) is 0 Å². The summed E-state index contributed by atoms with van der Waals surface area (Å²) in [5, 5.41) is 0. The van der Waals surface area contributed by atoms with E-state index in [1.807, 2.05) is 0 Å². The van der Waals surface area contributed by atoms with Crippen LogP contribution in [-0.4, -0.2) is 729 Å². The maximum Gasteiger partial charge on any atom is 0 e. The molecule has 0 amide bonds. The Morgan fingerprint density at radius 1 is 0.0874 bits per heavy atom. The third-order valence-electron chi connectivity index (χ3n) is 22.0. The Kier molecular flexibility index (Phi) is 54.0. The van der Waals surface area contributed by atoms with Gasteiger partial charge in [-0.25, -0.2) is 0 Å². The Hall–Kier alpha value is 6.69. The fourth-order valence-electron chi connectivity index (χ4n) is 18.6. The van der Waals surface area contributed by atoms with Gasteiger partial charge in [0.25, 0.3) is 0 Å². The van der Waals surface area contributed by atoms with Crippen LogP contribution in [0.2, 0.25) is 0 Å². The summed E-state index contributed by atoms with van der Waals surface area (Å²) in [7, 11) is 373. The van der Waals surface area contributed by atoms with E-state index in [-0.39, 0.29) is 0 Å². The van der Waals surface area contributed by atoms with Crippen LogP contribution in [0.4, 0.5) is 0 Å². The summed E-state index contributed by atoms with van der Waals surface area (Å²) >= 11 is 0. The largest absolute Gasteiger partial charge is 0 e. The van der Waals surface area contributed by atoms with Crippen LogP contribution in [0.25, 0.3) is 0 Å². The number of hydrogen-bond donors (Lipinski definition) is 0. The molecule has 0 aliphatic heterocycles. The Morgan fingerprint density at radius 2 is 0.146 bits per heavy atom. The summed E-state index contributed by atoms with van der Waals surface area (Å²) in [5.41, 5.74) is 0. The highest BCUT2D eigenvalue weighted by molar-refractivity contribution is 8.44. The second-order valence-electron chi connectivity index (χ2n) is 29.1. The van der Waals surface area contributed by atoms with E-state index in [1.54, 1.807) is 0 Å². The molecule has 0 aromatic rings. The first-order chi connectivity index (χ1) is 46.9. The molecule has 103 heteroatoms. The lowest BCUT2D eigenvalue weighted by Gasteiger charge is -2.63. The van der Waals surface area contributed by atoms with Gasteiger partial charge in [-0.2, -0.15) is 0 Å². The van der Waals surface area contributed by atoms with Gasteiger partial charge in [-0.05, 0) is 0 Å². The minimum Gasteiger partial charge on any atom is 0 e. The van der Waals surface area contributed by atoms with Crippen LogP contribution in [0, 0.1) is 0 Å². The summed E-state index contributed by atoms with van der Waals surface area (Å²) in [6.45, 7) is 0. The monoisotopic (exact) mass is 1130 g/mol. The topological polar surface area (TPSA) is 0 Å². The minimum absolute atomic E-state index is 0.957. The second kappa shape index (κ2) is 50.7. The fourth-order valence-corrected chi connectivity index (χ4v) is 18.6. The van der Waals surface area contributed by atoms with Crippen molar-refractivity contribution >= 4 is 729 Å². The first-order valence-corrected chi connectivity index (χ1v) is 34.0. The van der Waals surface area contributed by atoms with Crippen LogP contribution >= 0.6 is 0 Å². The van der Waals surface area contributed by atoms with E-state index in [9.17, 15) is 0 Å². The van der Waals surface area contributed by atoms with Crippen molar-refractivity contribution in [2.24, 2.45) is 0 Å². The molecule has 105 radical (unpaired) electrons. The molecule has 0 saturated carbocycles. The van der Waals surface area contributed by atoms with E-state index in [0.29, 0.717) is 0 Å². The summed E-state index contributed by atoms with van der Waals surface area (Å²) in [6.07, 6.45) is -96.1. The first kappa shape index (κ1) is 110. The normalized spacial score (nSPS) is 9.83. The van der Waals surface area contributed by atoms with Gasteiger partial charge < -0.3 is 0 Å². The van der Waals surface area contributed by atoms with E-state index in [0.717, 1.165) is 7.06 Å².